The molecule has 1 unspecified atom stereocenters. The van der Waals surface area contributed by atoms with Gasteiger partial charge in [-0.3, -0.25) is 14.4 Å². The second-order valence-corrected chi connectivity index (χ2v) is 9.40. The topological polar surface area (TPSA) is 152 Å². The quantitative estimate of drug-likeness (QED) is 0.297. The predicted octanol–water partition coefficient (Wildman–Crippen LogP) is 4.34. The fourth-order valence-corrected chi connectivity index (χ4v) is 3.76. The van der Waals surface area contributed by atoms with Crippen LogP contribution in [0.3, 0.4) is 0 Å². The summed E-state index contributed by atoms with van der Waals surface area (Å²) in [5.41, 5.74) is -2.92. The van der Waals surface area contributed by atoms with Crippen molar-refractivity contribution >= 4 is 17.3 Å². The Morgan fingerprint density at radius 3 is 1.94 bits per heavy atom. The second kappa shape index (κ2) is 8.92. The molecule has 8 nitrogen and oxygen atoms in total. The molecule has 1 aliphatic rings. The summed E-state index contributed by atoms with van der Waals surface area (Å²) in [6, 6.07) is 0. The first-order chi connectivity index (χ1) is 15.1. The molecular weight excluding hydrogens is 428 g/mol. The van der Waals surface area contributed by atoms with Crippen LogP contribution in [0.1, 0.15) is 69.4 Å². The molecule has 5 N–H and O–H groups in total. The van der Waals surface area contributed by atoms with Crippen LogP contribution in [0.15, 0.2) is 22.7 Å². The van der Waals surface area contributed by atoms with Gasteiger partial charge in [0.15, 0.2) is 17.3 Å². The van der Waals surface area contributed by atoms with E-state index in [2.05, 4.69) is 0 Å². The molecule has 0 fully saturated rings. The van der Waals surface area contributed by atoms with Crippen molar-refractivity contribution in [1.29, 1.82) is 0 Å². The highest BCUT2D eigenvalue weighted by molar-refractivity contribution is 6.24. The third-order valence-electron chi connectivity index (χ3n) is 6.38. The van der Waals surface area contributed by atoms with Crippen LogP contribution in [0.4, 0.5) is 0 Å². The summed E-state index contributed by atoms with van der Waals surface area (Å²) >= 11 is 0. The zero-order valence-electron chi connectivity index (χ0n) is 20.0. The van der Waals surface area contributed by atoms with Gasteiger partial charge in [-0.1, -0.05) is 27.7 Å². The summed E-state index contributed by atoms with van der Waals surface area (Å²) in [7, 11) is 0. The van der Waals surface area contributed by atoms with Crippen LogP contribution in [-0.4, -0.2) is 42.9 Å². The van der Waals surface area contributed by atoms with E-state index in [-0.39, 0.29) is 22.3 Å². The van der Waals surface area contributed by atoms with Crippen LogP contribution in [0.25, 0.3) is 0 Å². The normalized spacial score (nSPS) is 17.0. The maximum atomic E-state index is 12.9. The van der Waals surface area contributed by atoms with Crippen LogP contribution in [0, 0.1) is 24.2 Å². The summed E-state index contributed by atoms with van der Waals surface area (Å²) < 4.78 is 0. The number of hydrogen-bond donors (Lipinski definition) is 5. The summed E-state index contributed by atoms with van der Waals surface area (Å²) in [5.74, 6) is -6.09. The molecule has 0 saturated carbocycles. The van der Waals surface area contributed by atoms with Crippen molar-refractivity contribution in [3.8, 4) is 17.2 Å². The van der Waals surface area contributed by atoms with Gasteiger partial charge >= 0.3 is 0 Å². The zero-order valence-corrected chi connectivity index (χ0v) is 20.0. The van der Waals surface area contributed by atoms with E-state index in [1.807, 2.05) is 0 Å². The van der Waals surface area contributed by atoms with Crippen molar-refractivity contribution in [3.63, 3.8) is 0 Å². The van der Waals surface area contributed by atoms with Crippen LogP contribution in [-0.2, 0) is 16.0 Å². The van der Waals surface area contributed by atoms with E-state index in [1.165, 1.54) is 20.8 Å². The Morgan fingerprint density at radius 1 is 0.909 bits per heavy atom. The maximum Gasteiger partial charge on any atom is 0.183 e. The first kappa shape index (κ1) is 26.0. The molecule has 1 aliphatic carbocycles. The molecule has 8 heteroatoms. The zero-order chi connectivity index (χ0) is 25.6. The number of aliphatic hydroxyl groups is 2. The number of rotatable bonds is 7. The van der Waals surface area contributed by atoms with Crippen molar-refractivity contribution in [2.24, 2.45) is 17.3 Å². The summed E-state index contributed by atoms with van der Waals surface area (Å²) in [6.45, 7) is 10.7. The number of ketones is 3. The first-order valence-electron chi connectivity index (χ1n) is 10.9. The molecule has 1 aromatic carbocycles. The molecular formula is C25H32O8. The number of carbonyl (C=O) groups is 3. The van der Waals surface area contributed by atoms with Crippen molar-refractivity contribution < 1.29 is 39.9 Å². The predicted molar refractivity (Wildman–Crippen MR) is 122 cm³/mol. The minimum absolute atomic E-state index is 0.0670. The van der Waals surface area contributed by atoms with Crippen molar-refractivity contribution in [3.05, 3.63) is 39.4 Å². The Kier molecular flexibility index (Phi) is 7.02. The van der Waals surface area contributed by atoms with Gasteiger partial charge < -0.3 is 25.5 Å². The molecule has 0 aliphatic heterocycles. The number of phenolic OH excluding ortho intramolecular Hbond substituents is 3. The molecule has 180 valence electrons. The molecule has 0 radical (unpaired) electrons. The van der Waals surface area contributed by atoms with Crippen molar-refractivity contribution in [2.45, 2.75) is 61.3 Å². The molecule has 0 amide bonds. The largest absolute Gasteiger partial charge is 0.511 e. The van der Waals surface area contributed by atoms with Crippen molar-refractivity contribution in [1.82, 2.24) is 0 Å². The fraction of sp³-hybridized carbons (Fsp3) is 0.480. The van der Waals surface area contributed by atoms with E-state index < -0.39 is 75.4 Å². The first-order valence-corrected chi connectivity index (χ1v) is 10.9. The van der Waals surface area contributed by atoms with E-state index in [9.17, 15) is 39.9 Å². The molecule has 0 heterocycles. The molecule has 1 aromatic rings. The highest BCUT2D eigenvalue weighted by atomic mass is 16.3. The van der Waals surface area contributed by atoms with E-state index >= 15 is 0 Å². The van der Waals surface area contributed by atoms with Gasteiger partial charge in [0.2, 0.25) is 0 Å². The highest BCUT2D eigenvalue weighted by Gasteiger charge is 2.46. The van der Waals surface area contributed by atoms with Crippen LogP contribution < -0.4 is 0 Å². The summed E-state index contributed by atoms with van der Waals surface area (Å²) in [5, 5.41) is 53.6. The third kappa shape index (κ3) is 4.10. The number of aliphatic hydroxyl groups excluding tert-OH is 2. The highest BCUT2D eigenvalue weighted by Crippen LogP contribution is 2.46. The lowest BCUT2D eigenvalue weighted by molar-refractivity contribution is -0.128. The lowest BCUT2D eigenvalue weighted by Gasteiger charge is -2.31. The van der Waals surface area contributed by atoms with Crippen LogP contribution in [0.5, 0.6) is 17.2 Å². The van der Waals surface area contributed by atoms with Gasteiger partial charge in [0.25, 0.3) is 0 Å². The standard InChI is InChI=1S/C25H32O8/c1-8-11(4)18(27)15-20(29)12(5)19(28)13(21(15)30)9-14-22(31)16(17(26)10(2)3)24(33)25(6,7)23(14)32/h10-11,28-32H,8-9H2,1-7H3. The number of Topliss-reactive ketones (excluding diaryl/α,β-unsaturated/α-hetero) is 3. The number of carbonyl (C=O) groups excluding carboxylic acids is 3. The molecule has 0 bridgehead atoms. The number of benzene rings is 1. The molecule has 0 saturated heterocycles. The molecule has 2 rings (SSSR count). The van der Waals surface area contributed by atoms with Gasteiger partial charge in [-0.25, -0.2) is 0 Å². The molecule has 0 spiro atoms. The Balaban J connectivity index is 2.81. The monoisotopic (exact) mass is 460 g/mol. The number of aromatic hydroxyl groups is 3. The Labute approximate surface area is 192 Å². The average molecular weight is 461 g/mol. The second-order valence-electron chi connectivity index (χ2n) is 9.40. The molecule has 33 heavy (non-hydrogen) atoms. The minimum Gasteiger partial charge on any atom is -0.511 e. The van der Waals surface area contributed by atoms with Gasteiger partial charge in [-0.2, -0.15) is 0 Å². The third-order valence-corrected chi connectivity index (χ3v) is 6.38. The number of phenols is 3. The number of allylic oxidation sites excluding steroid dienone is 3. The maximum absolute atomic E-state index is 12.9. The van der Waals surface area contributed by atoms with Gasteiger partial charge in [0.1, 0.15) is 39.9 Å². The lowest BCUT2D eigenvalue weighted by Crippen LogP contribution is -2.37. The van der Waals surface area contributed by atoms with Crippen LogP contribution in [0.2, 0.25) is 0 Å². The summed E-state index contributed by atoms with van der Waals surface area (Å²) in [6.07, 6.45) is -0.0533. The van der Waals surface area contributed by atoms with Gasteiger partial charge in [-0.05, 0) is 27.2 Å². The average Bonchev–Trinajstić information content (AvgIpc) is 2.75. The molecule has 0 aromatic heterocycles. The Bertz CT molecular complexity index is 1100. The van der Waals surface area contributed by atoms with Gasteiger partial charge in [-0.15, -0.1) is 0 Å². The van der Waals surface area contributed by atoms with E-state index in [1.54, 1.807) is 27.7 Å². The Hall–Kier alpha value is -3.29. The fourth-order valence-electron chi connectivity index (χ4n) is 3.76. The Morgan fingerprint density at radius 2 is 1.45 bits per heavy atom. The van der Waals surface area contributed by atoms with Crippen molar-refractivity contribution in [2.75, 3.05) is 0 Å². The van der Waals surface area contributed by atoms with E-state index in [4.69, 9.17) is 0 Å². The van der Waals surface area contributed by atoms with Gasteiger partial charge in [0.05, 0.1) is 5.41 Å². The lowest BCUT2D eigenvalue weighted by atomic mass is 9.72. The van der Waals surface area contributed by atoms with Crippen LogP contribution >= 0.6 is 0 Å². The van der Waals surface area contributed by atoms with E-state index in [0.717, 1.165) is 0 Å². The summed E-state index contributed by atoms with van der Waals surface area (Å²) in [4.78, 5) is 38.4. The smallest absolute Gasteiger partial charge is 0.183 e. The van der Waals surface area contributed by atoms with Gasteiger partial charge in [0, 0.05) is 35.0 Å². The minimum atomic E-state index is -1.55. The van der Waals surface area contributed by atoms with E-state index in [0.29, 0.717) is 6.42 Å². The number of hydrogen-bond acceptors (Lipinski definition) is 8. The SMILES string of the molecule is CCC(C)C(=O)c1c(O)c(C)c(O)c(CC2=C(O)C(C)(C)C(=O)C(C(=O)C(C)C)=C2O)c1O. The molecule has 1 atom stereocenters.